The predicted octanol–water partition coefficient (Wildman–Crippen LogP) is 0.579. The van der Waals surface area contributed by atoms with E-state index >= 15 is 0 Å². The van der Waals surface area contributed by atoms with Crippen LogP contribution < -0.4 is 4.72 Å². The van der Waals surface area contributed by atoms with Crippen molar-refractivity contribution in [3.8, 4) is 0 Å². The van der Waals surface area contributed by atoms with E-state index in [0.717, 1.165) is 12.8 Å². The number of nitrogens with one attached hydrogen (secondary N) is 1. The molecule has 1 fully saturated rings. The summed E-state index contributed by atoms with van der Waals surface area (Å²) < 4.78 is 46.1. The van der Waals surface area contributed by atoms with Gasteiger partial charge < -0.3 is 4.42 Å². The average molecular weight is 293 g/mol. The van der Waals surface area contributed by atoms with Crippen molar-refractivity contribution in [2.24, 2.45) is 3.77 Å². The third-order valence-corrected chi connectivity index (χ3v) is 6.91. The maximum Gasteiger partial charge on any atom is 0.327 e. The monoisotopic (exact) mass is 293 g/mol. The van der Waals surface area contributed by atoms with Crippen LogP contribution in [0.4, 0.5) is 0 Å². The fourth-order valence-corrected chi connectivity index (χ4v) is 5.77. The molecule has 9 heteroatoms. The van der Waals surface area contributed by atoms with E-state index < -0.39 is 19.9 Å². The molecular formula is C9H15N3O4S2. The summed E-state index contributed by atoms with van der Waals surface area (Å²) in [5, 5.41) is 0. The van der Waals surface area contributed by atoms with E-state index in [1.165, 1.54) is 6.39 Å². The molecule has 7 nitrogen and oxygen atoms in total. The highest BCUT2D eigenvalue weighted by atomic mass is 32.3. The Kier molecular flexibility index (Phi) is 3.74. The van der Waals surface area contributed by atoms with Crippen molar-refractivity contribution in [1.29, 1.82) is 0 Å². The highest BCUT2D eigenvalue weighted by Crippen LogP contribution is 2.15. The predicted molar refractivity (Wildman–Crippen MR) is 66.5 cm³/mol. The van der Waals surface area contributed by atoms with Crippen molar-refractivity contribution in [3.63, 3.8) is 0 Å². The van der Waals surface area contributed by atoms with Crippen molar-refractivity contribution >= 4 is 19.9 Å². The number of hydrogen-bond donors (Lipinski definition) is 1. The van der Waals surface area contributed by atoms with Gasteiger partial charge in [0.05, 0.1) is 22.0 Å². The highest BCUT2D eigenvalue weighted by Gasteiger charge is 2.21. The zero-order chi connectivity index (χ0) is 13.2. The van der Waals surface area contributed by atoms with Crippen molar-refractivity contribution in [2.75, 3.05) is 11.5 Å². The van der Waals surface area contributed by atoms with Gasteiger partial charge in [0.15, 0.2) is 6.39 Å². The van der Waals surface area contributed by atoms with E-state index in [0.29, 0.717) is 23.0 Å². The summed E-state index contributed by atoms with van der Waals surface area (Å²) >= 11 is 0. The lowest BCUT2D eigenvalue weighted by molar-refractivity contribution is 0.523. The van der Waals surface area contributed by atoms with Crippen LogP contribution in [-0.4, -0.2) is 29.1 Å². The van der Waals surface area contributed by atoms with Crippen LogP contribution in [-0.2, 0) is 26.5 Å². The summed E-state index contributed by atoms with van der Waals surface area (Å²) in [6.07, 6.45) is 2.77. The lowest BCUT2D eigenvalue weighted by Gasteiger charge is -2.03. The van der Waals surface area contributed by atoms with Gasteiger partial charge in [-0.2, -0.15) is 13.1 Å². The Balaban J connectivity index is 2.09. The van der Waals surface area contributed by atoms with E-state index in [1.54, 1.807) is 6.92 Å². The van der Waals surface area contributed by atoms with Gasteiger partial charge in [-0.15, -0.1) is 0 Å². The molecule has 0 aliphatic carbocycles. The molecule has 1 saturated heterocycles. The zero-order valence-electron chi connectivity index (χ0n) is 9.96. The van der Waals surface area contributed by atoms with Crippen LogP contribution in [0.25, 0.3) is 0 Å². The topological polar surface area (TPSA) is 102 Å². The fraction of sp³-hybridized carbons (Fsp3) is 0.667. The molecule has 0 radical (unpaired) electrons. The molecule has 0 aromatic carbocycles. The first kappa shape index (κ1) is 13.5. The maximum atomic E-state index is 12.0. The molecule has 0 spiro atoms. The molecule has 18 heavy (non-hydrogen) atoms. The Morgan fingerprint density at radius 2 is 2.17 bits per heavy atom. The van der Waals surface area contributed by atoms with Gasteiger partial charge >= 0.3 is 10.2 Å². The molecule has 2 rings (SSSR count). The van der Waals surface area contributed by atoms with Gasteiger partial charge in [0, 0.05) is 11.5 Å². The first-order valence-corrected chi connectivity index (χ1v) is 8.82. The summed E-state index contributed by atoms with van der Waals surface area (Å²) in [6.45, 7) is 1.68. The molecule has 0 bridgehead atoms. The van der Waals surface area contributed by atoms with Crippen LogP contribution in [0.5, 0.6) is 0 Å². The van der Waals surface area contributed by atoms with Gasteiger partial charge in [-0.3, -0.25) is 0 Å². The van der Waals surface area contributed by atoms with E-state index in [1.807, 2.05) is 0 Å². The lowest BCUT2D eigenvalue weighted by atomic mass is 10.4. The fourth-order valence-electron chi connectivity index (χ4n) is 1.69. The van der Waals surface area contributed by atoms with Crippen LogP contribution in [0.15, 0.2) is 14.6 Å². The van der Waals surface area contributed by atoms with E-state index in [2.05, 4.69) is 13.5 Å². The third kappa shape index (κ3) is 3.30. The Morgan fingerprint density at radius 3 is 2.72 bits per heavy atom. The molecule has 1 N–H and O–H groups in total. The van der Waals surface area contributed by atoms with Gasteiger partial charge in [-0.25, -0.2) is 9.19 Å². The summed E-state index contributed by atoms with van der Waals surface area (Å²) in [5.41, 5.74) is 0.496. The highest BCUT2D eigenvalue weighted by molar-refractivity contribution is 8.02. The van der Waals surface area contributed by atoms with Crippen LogP contribution >= 0.6 is 0 Å². The van der Waals surface area contributed by atoms with E-state index in [-0.39, 0.29) is 6.54 Å². The molecule has 102 valence electrons. The first-order valence-electron chi connectivity index (χ1n) is 5.53. The third-order valence-electron chi connectivity index (χ3n) is 2.68. The molecule has 0 atom stereocenters. The van der Waals surface area contributed by atoms with Crippen LogP contribution in [0.2, 0.25) is 0 Å². The smallest absolute Gasteiger partial charge is 0.327 e. The zero-order valence-corrected chi connectivity index (χ0v) is 11.6. The van der Waals surface area contributed by atoms with E-state index in [4.69, 9.17) is 4.42 Å². The Hall–Kier alpha value is -0.930. The maximum absolute atomic E-state index is 12.0. The van der Waals surface area contributed by atoms with E-state index in [9.17, 15) is 12.6 Å². The molecule has 0 saturated carbocycles. The number of aryl methyl sites for hydroxylation is 1. The van der Waals surface area contributed by atoms with Gasteiger partial charge in [0.25, 0.3) is 0 Å². The molecular weight excluding hydrogens is 278 g/mol. The minimum absolute atomic E-state index is 0.0102. The van der Waals surface area contributed by atoms with Gasteiger partial charge in [-0.05, 0) is 19.8 Å². The molecule has 2 heterocycles. The summed E-state index contributed by atoms with van der Waals surface area (Å²) in [6, 6.07) is 0. The Morgan fingerprint density at radius 1 is 1.50 bits per heavy atom. The number of nitrogens with zero attached hydrogens (tertiary/aromatic N) is 2. The van der Waals surface area contributed by atoms with Crippen molar-refractivity contribution in [1.82, 2.24) is 9.71 Å². The number of aromatic nitrogens is 1. The number of rotatable bonds is 4. The quantitative estimate of drug-likeness (QED) is 0.875. The molecule has 1 aliphatic heterocycles. The summed E-state index contributed by atoms with van der Waals surface area (Å²) in [7, 11) is -6.48. The molecule has 1 aromatic heterocycles. The lowest BCUT2D eigenvalue weighted by Crippen LogP contribution is -2.23. The van der Waals surface area contributed by atoms with Crippen LogP contribution in [0.1, 0.15) is 24.3 Å². The minimum atomic E-state index is -3.90. The first-order chi connectivity index (χ1) is 8.40. The summed E-state index contributed by atoms with van der Waals surface area (Å²) in [5.74, 6) is 1.26. The second-order valence-electron chi connectivity index (χ2n) is 4.11. The molecule has 1 aliphatic rings. The second kappa shape index (κ2) is 4.98. The van der Waals surface area contributed by atoms with Crippen LogP contribution in [0, 0.1) is 6.92 Å². The van der Waals surface area contributed by atoms with Crippen LogP contribution in [0.3, 0.4) is 0 Å². The van der Waals surface area contributed by atoms with Crippen molar-refractivity contribution < 1.29 is 17.0 Å². The standard InChI is InChI=1S/C9H15N3O4S2/c1-8-9(10-7-16-8)6-11-18(14,15)12-17(13)4-2-3-5-17/h7,11H,2-6H2,1H3. The molecule has 0 unspecified atom stereocenters. The Labute approximate surface area is 106 Å². The number of hydrogen-bond acceptors (Lipinski definition) is 5. The number of oxazole rings is 1. The van der Waals surface area contributed by atoms with Gasteiger partial charge in [-0.1, -0.05) is 3.77 Å². The normalized spacial score (nSPS) is 18.9. The van der Waals surface area contributed by atoms with Gasteiger partial charge in [0.2, 0.25) is 0 Å². The second-order valence-corrected chi connectivity index (χ2v) is 8.31. The molecule has 1 aromatic rings. The molecule has 0 amide bonds. The largest absolute Gasteiger partial charge is 0.448 e. The van der Waals surface area contributed by atoms with Crippen molar-refractivity contribution in [2.45, 2.75) is 26.3 Å². The van der Waals surface area contributed by atoms with Gasteiger partial charge in [0.1, 0.15) is 5.76 Å². The average Bonchev–Trinajstić information content (AvgIpc) is 2.84. The SMILES string of the molecule is Cc1ocnc1CNS(=O)(=O)N=S1(=O)CCCC1. The van der Waals surface area contributed by atoms with Crippen molar-refractivity contribution in [3.05, 3.63) is 17.8 Å². The Bertz CT molecular complexity index is 629. The summed E-state index contributed by atoms with van der Waals surface area (Å²) in [4.78, 5) is 3.86. The minimum Gasteiger partial charge on any atom is -0.448 e.